The Morgan fingerprint density at radius 2 is 1.85 bits per heavy atom. The smallest absolute Gasteiger partial charge is 0.311 e. The van der Waals surface area contributed by atoms with Crippen molar-refractivity contribution in [3.05, 3.63) is 64.0 Å². The Kier molecular flexibility index (Phi) is 3.74. The van der Waals surface area contributed by atoms with Gasteiger partial charge in [-0.25, -0.2) is 4.39 Å². The van der Waals surface area contributed by atoms with Gasteiger partial charge in [0, 0.05) is 11.6 Å². The van der Waals surface area contributed by atoms with Crippen LogP contribution in [0, 0.1) is 15.9 Å². The molecule has 0 amide bonds. The first-order valence-corrected chi connectivity index (χ1v) is 5.70. The van der Waals surface area contributed by atoms with Crippen LogP contribution in [-0.2, 0) is 0 Å². The van der Waals surface area contributed by atoms with E-state index in [4.69, 9.17) is 4.74 Å². The van der Waals surface area contributed by atoms with Crippen molar-refractivity contribution in [1.82, 2.24) is 0 Å². The van der Waals surface area contributed by atoms with Crippen LogP contribution in [0.15, 0.2) is 42.5 Å². The first kappa shape index (κ1) is 13.7. The van der Waals surface area contributed by atoms with Crippen molar-refractivity contribution in [2.24, 2.45) is 0 Å². The highest BCUT2D eigenvalue weighted by molar-refractivity contribution is 5.94. The Morgan fingerprint density at radius 1 is 1.20 bits per heavy atom. The number of benzene rings is 2. The Morgan fingerprint density at radius 3 is 2.40 bits per heavy atom. The number of nitrogens with zero attached hydrogens (tertiary/aromatic N) is 1. The van der Waals surface area contributed by atoms with E-state index in [1.165, 1.54) is 49.4 Å². The summed E-state index contributed by atoms with van der Waals surface area (Å²) in [6.07, 6.45) is 0. The van der Waals surface area contributed by atoms with Crippen LogP contribution in [0.2, 0.25) is 0 Å². The van der Waals surface area contributed by atoms with Crippen molar-refractivity contribution < 1.29 is 18.8 Å². The van der Waals surface area contributed by atoms with Crippen LogP contribution in [0.5, 0.6) is 11.5 Å². The van der Waals surface area contributed by atoms with Crippen LogP contribution >= 0.6 is 0 Å². The summed E-state index contributed by atoms with van der Waals surface area (Å²) in [5, 5.41) is 10.9. The number of halogens is 1. The van der Waals surface area contributed by atoms with Gasteiger partial charge in [0.05, 0.1) is 4.92 Å². The van der Waals surface area contributed by atoms with Crippen LogP contribution in [0.3, 0.4) is 0 Å². The minimum atomic E-state index is -0.608. The summed E-state index contributed by atoms with van der Waals surface area (Å²) < 4.78 is 18.2. The van der Waals surface area contributed by atoms with Gasteiger partial charge in [-0.05, 0) is 43.3 Å². The van der Waals surface area contributed by atoms with Gasteiger partial charge in [0.1, 0.15) is 11.6 Å². The molecule has 6 heteroatoms. The molecular formula is C14H10FNO4. The van der Waals surface area contributed by atoms with E-state index in [1.54, 1.807) is 0 Å². The number of hydrogen-bond acceptors (Lipinski definition) is 4. The topological polar surface area (TPSA) is 69.4 Å². The zero-order chi connectivity index (χ0) is 14.7. The highest BCUT2D eigenvalue weighted by Crippen LogP contribution is 2.32. The maximum absolute atomic E-state index is 12.8. The van der Waals surface area contributed by atoms with Crippen molar-refractivity contribution in [2.45, 2.75) is 6.92 Å². The van der Waals surface area contributed by atoms with Gasteiger partial charge >= 0.3 is 5.69 Å². The van der Waals surface area contributed by atoms with E-state index in [0.29, 0.717) is 5.56 Å². The quantitative estimate of drug-likeness (QED) is 0.484. The van der Waals surface area contributed by atoms with E-state index in [1.807, 2.05) is 0 Å². The Bertz CT molecular complexity index is 667. The van der Waals surface area contributed by atoms with Crippen LogP contribution in [0.4, 0.5) is 10.1 Å². The van der Waals surface area contributed by atoms with Gasteiger partial charge in [0.15, 0.2) is 5.78 Å². The fourth-order valence-electron chi connectivity index (χ4n) is 1.60. The lowest BCUT2D eigenvalue weighted by molar-refractivity contribution is -0.385. The fraction of sp³-hybridized carbons (Fsp3) is 0.0714. The normalized spacial score (nSPS) is 10.1. The zero-order valence-corrected chi connectivity index (χ0v) is 10.5. The lowest BCUT2D eigenvalue weighted by Gasteiger charge is -2.07. The Labute approximate surface area is 113 Å². The van der Waals surface area contributed by atoms with Crippen LogP contribution in [-0.4, -0.2) is 10.7 Å². The molecule has 0 radical (unpaired) electrons. The van der Waals surface area contributed by atoms with Crippen LogP contribution in [0.1, 0.15) is 17.3 Å². The lowest BCUT2D eigenvalue weighted by atomic mass is 10.1. The summed E-state index contributed by atoms with van der Waals surface area (Å²) in [6.45, 7) is 1.35. The largest absolute Gasteiger partial charge is 0.450 e. The summed E-state index contributed by atoms with van der Waals surface area (Å²) in [7, 11) is 0. The summed E-state index contributed by atoms with van der Waals surface area (Å²) in [6, 6.07) is 8.91. The van der Waals surface area contributed by atoms with Gasteiger partial charge in [-0.3, -0.25) is 14.9 Å². The highest BCUT2D eigenvalue weighted by Gasteiger charge is 2.17. The molecule has 0 atom stereocenters. The fourth-order valence-corrected chi connectivity index (χ4v) is 1.60. The van der Waals surface area contributed by atoms with Crippen LogP contribution < -0.4 is 4.74 Å². The average molecular weight is 275 g/mol. The standard InChI is InChI=1S/C14H10FNO4/c1-9(17)10-2-7-13(16(18)19)14(8-10)20-12-5-3-11(15)4-6-12/h2-8H,1H3. The molecule has 0 fully saturated rings. The molecule has 102 valence electrons. The molecule has 0 aliphatic heterocycles. The number of ether oxygens (including phenoxy) is 1. The van der Waals surface area contributed by atoms with E-state index >= 15 is 0 Å². The van der Waals surface area contributed by atoms with E-state index in [0.717, 1.165) is 0 Å². The minimum Gasteiger partial charge on any atom is -0.450 e. The predicted octanol–water partition coefficient (Wildman–Crippen LogP) is 3.73. The molecule has 0 aliphatic carbocycles. The summed E-state index contributed by atoms with van der Waals surface area (Å²) in [5.74, 6) is -0.488. The predicted molar refractivity (Wildman–Crippen MR) is 69.6 cm³/mol. The third kappa shape index (κ3) is 2.97. The number of nitro benzene ring substituents is 1. The molecule has 0 heterocycles. The molecule has 0 unspecified atom stereocenters. The molecule has 0 bridgehead atoms. The Balaban J connectivity index is 2.41. The molecular weight excluding hydrogens is 265 g/mol. The number of rotatable bonds is 4. The zero-order valence-electron chi connectivity index (χ0n) is 10.5. The third-order valence-electron chi connectivity index (χ3n) is 2.60. The SMILES string of the molecule is CC(=O)c1ccc([N+](=O)[O-])c(Oc2ccc(F)cc2)c1. The minimum absolute atomic E-state index is 0.0608. The van der Waals surface area contributed by atoms with E-state index in [2.05, 4.69) is 0 Å². The van der Waals surface area contributed by atoms with Gasteiger partial charge < -0.3 is 4.74 Å². The number of Topliss-reactive ketones (excluding diaryl/α,β-unsaturated/α-hetero) is 1. The maximum Gasteiger partial charge on any atom is 0.311 e. The van der Waals surface area contributed by atoms with Crippen molar-refractivity contribution in [3.63, 3.8) is 0 Å². The molecule has 0 saturated carbocycles. The summed E-state index contributed by atoms with van der Waals surface area (Å²) in [4.78, 5) is 21.6. The Hall–Kier alpha value is -2.76. The summed E-state index contributed by atoms with van der Waals surface area (Å²) >= 11 is 0. The van der Waals surface area contributed by atoms with Gasteiger partial charge in [-0.2, -0.15) is 0 Å². The molecule has 20 heavy (non-hydrogen) atoms. The number of ketones is 1. The van der Waals surface area contributed by atoms with Gasteiger partial charge in [0.25, 0.3) is 0 Å². The van der Waals surface area contributed by atoms with Gasteiger partial charge in [-0.1, -0.05) is 0 Å². The number of nitro groups is 1. The van der Waals surface area contributed by atoms with Gasteiger partial charge in [-0.15, -0.1) is 0 Å². The molecule has 0 aromatic heterocycles. The number of carbonyl (C=O) groups is 1. The molecule has 2 aromatic rings. The second-order valence-corrected chi connectivity index (χ2v) is 4.05. The first-order valence-electron chi connectivity index (χ1n) is 5.70. The molecule has 0 N–H and O–H groups in total. The number of carbonyl (C=O) groups excluding carboxylic acids is 1. The highest BCUT2D eigenvalue weighted by atomic mass is 19.1. The van der Waals surface area contributed by atoms with Crippen LogP contribution in [0.25, 0.3) is 0 Å². The third-order valence-corrected chi connectivity index (χ3v) is 2.60. The van der Waals surface area contributed by atoms with E-state index in [-0.39, 0.29) is 23.0 Å². The molecule has 2 rings (SSSR count). The average Bonchev–Trinajstić information content (AvgIpc) is 2.41. The second-order valence-electron chi connectivity index (χ2n) is 4.05. The second kappa shape index (κ2) is 5.48. The first-order chi connectivity index (χ1) is 9.47. The lowest BCUT2D eigenvalue weighted by Crippen LogP contribution is -1.97. The molecule has 5 nitrogen and oxygen atoms in total. The summed E-state index contributed by atoms with van der Waals surface area (Å²) in [5.41, 5.74) is 0.0343. The van der Waals surface area contributed by atoms with Gasteiger partial charge in [0.2, 0.25) is 5.75 Å². The van der Waals surface area contributed by atoms with Crippen molar-refractivity contribution in [2.75, 3.05) is 0 Å². The van der Waals surface area contributed by atoms with Crippen molar-refractivity contribution in [3.8, 4) is 11.5 Å². The van der Waals surface area contributed by atoms with Crippen molar-refractivity contribution >= 4 is 11.5 Å². The monoisotopic (exact) mass is 275 g/mol. The van der Waals surface area contributed by atoms with E-state index in [9.17, 15) is 19.3 Å². The van der Waals surface area contributed by atoms with E-state index < -0.39 is 10.7 Å². The molecule has 0 aliphatic rings. The number of hydrogen-bond donors (Lipinski definition) is 0. The molecule has 0 saturated heterocycles. The molecule has 2 aromatic carbocycles. The van der Waals surface area contributed by atoms with Crippen molar-refractivity contribution in [1.29, 1.82) is 0 Å². The maximum atomic E-state index is 12.8. The molecule has 0 spiro atoms.